The maximum atomic E-state index is 11.8. The van der Waals surface area contributed by atoms with Gasteiger partial charge in [-0.3, -0.25) is 0 Å². The second kappa shape index (κ2) is 25.3. The molecule has 0 aromatic carbocycles. The molecule has 0 fully saturated rings. The molecule has 0 aliphatic carbocycles. The van der Waals surface area contributed by atoms with E-state index in [4.69, 9.17) is 0 Å². The van der Waals surface area contributed by atoms with Crippen LogP contribution in [0.4, 0.5) is 0 Å². The summed E-state index contributed by atoms with van der Waals surface area (Å²) >= 11 is -0.504. The van der Waals surface area contributed by atoms with Crippen LogP contribution in [0.3, 0.4) is 0 Å². The average molecular weight is 486 g/mol. The number of carbonyl (C=O) groups is 1. The third-order valence-electron chi connectivity index (χ3n) is 6.11. The van der Waals surface area contributed by atoms with Crippen molar-refractivity contribution in [1.82, 2.24) is 5.32 Å². The summed E-state index contributed by atoms with van der Waals surface area (Å²) in [6.45, 7) is 3.19. The summed E-state index contributed by atoms with van der Waals surface area (Å²) in [6.07, 6.45) is 28.5. The number of unbranched alkanes of at least 4 members (excludes halogenated alkanes) is 18. The van der Waals surface area contributed by atoms with Crippen LogP contribution in [-0.4, -0.2) is 27.1 Å². The zero-order valence-corrected chi connectivity index (χ0v) is 23.0. The quantitative estimate of drug-likeness (QED) is 0.107. The Morgan fingerprint density at radius 1 is 0.567 bits per heavy atom. The fraction of sp³-hybridized carbons (Fsp3) is 0.963. The van der Waals surface area contributed by atoms with Gasteiger partial charge in [0.1, 0.15) is 0 Å². The summed E-state index contributed by atoms with van der Waals surface area (Å²) in [5.74, 6) is 0.272. The molecule has 0 aliphatic rings. The van der Waals surface area contributed by atoms with Gasteiger partial charge in [-0.2, -0.15) is 0 Å². The molecule has 180 valence electrons. The van der Waals surface area contributed by atoms with Crippen LogP contribution in [0.2, 0.25) is 16.6 Å². The van der Waals surface area contributed by atoms with Gasteiger partial charge >= 0.3 is 105 Å². The minimum absolute atomic E-state index is 0.272. The Morgan fingerprint density at radius 2 is 0.933 bits per heavy atom. The summed E-state index contributed by atoms with van der Waals surface area (Å²) in [5.41, 5.74) is 4.76. The molecule has 0 radical (unpaired) electrons. The normalized spacial score (nSPS) is 11.3. The number of hydrogen-bond acceptors (Lipinski definition) is 1. The Balaban J connectivity index is 3.10. The number of hydrogen-bond donors (Lipinski definition) is 1. The topological polar surface area (TPSA) is 29.1 Å². The molecule has 0 saturated carbocycles. The van der Waals surface area contributed by atoms with Crippen molar-refractivity contribution in [2.45, 2.75) is 158 Å². The molecule has 1 amide bonds. The van der Waals surface area contributed by atoms with Gasteiger partial charge in [0, 0.05) is 0 Å². The van der Waals surface area contributed by atoms with Crippen LogP contribution in [0.15, 0.2) is 0 Å². The van der Waals surface area contributed by atoms with Gasteiger partial charge in [0.2, 0.25) is 0 Å². The molecule has 0 spiro atoms. The van der Waals surface area contributed by atoms with E-state index in [-0.39, 0.29) is 5.91 Å². The zero-order valence-electron chi connectivity index (χ0n) is 21.1. The van der Waals surface area contributed by atoms with Crippen LogP contribution in [0.5, 0.6) is 0 Å². The summed E-state index contributed by atoms with van der Waals surface area (Å²) < 4.78 is 0. The predicted molar refractivity (Wildman–Crippen MR) is 138 cm³/mol. The molecule has 0 atom stereocenters. The van der Waals surface area contributed by atoms with E-state index in [9.17, 15) is 4.79 Å². The molecule has 0 bridgehead atoms. The average Bonchev–Trinajstić information content (AvgIpc) is 2.72. The molecule has 0 aromatic rings. The van der Waals surface area contributed by atoms with Gasteiger partial charge in [-0.15, -0.1) is 0 Å². The Labute approximate surface area is 195 Å². The second-order valence-corrected chi connectivity index (χ2v) is 15.1. The Hall–Kier alpha value is 0.0284. The van der Waals surface area contributed by atoms with Crippen LogP contribution in [-0.2, 0) is 4.79 Å². The first kappa shape index (κ1) is 30.0. The van der Waals surface area contributed by atoms with Crippen LogP contribution < -0.4 is 5.32 Å². The van der Waals surface area contributed by atoms with E-state index in [2.05, 4.69) is 23.7 Å². The maximum absolute atomic E-state index is 11.8. The third-order valence-corrected chi connectivity index (χ3v) is 8.65. The van der Waals surface area contributed by atoms with Crippen molar-refractivity contribution < 1.29 is 4.79 Å². The van der Waals surface area contributed by atoms with E-state index in [0.29, 0.717) is 0 Å². The van der Waals surface area contributed by atoms with E-state index in [0.717, 1.165) is 19.4 Å². The first-order valence-corrected chi connectivity index (χ1v) is 18.7. The molecule has 0 heterocycles. The van der Waals surface area contributed by atoms with E-state index in [1.54, 1.807) is 0 Å². The molecule has 0 rings (SSSR count). The number of carbonyl (C=O) groups excluding carboxylic acids is 1. The molecule has 1 N–H and O–H groups in total. The monoisotopic (exact) mass is 485 g/mol. The molecule has 0 unspecified atom stereocenters. The van der Waals surface area contributed by atoms with Crippen molar-refractivity contribution >= 4 is 20.6 Å². The molecule has 3 heteroatoms. The van der Waals surface area contributed by atoms with Gasteiger partial charge in [0.15, 0.2) is 0 Å². The van der Waals surface area contributed by atoms with Gasteiger partial charge in [0.05, 0.1) is 0 Å². The number of rotatable bonds is 24. The Morgan fingerprint density at radius 3 is 1.30 bits per heavy atom. The van der Waals surface area contributed by atoms with Crippen LogP contribution in [0, 0.1) is 0 Å². The fourth-order valence-electron chi connectivity index (χ4n) is 4.08. The summed E-state index contributed by atoms with van der Waals surface area (Å²) in [4.78, 5) is 11.8. The molecule has 0 aliphatic heterocycles. The fourth-order valence-corrected chi connectivity index (χ4v) is 5.73. The van der Waals surface area contributed by atoms with Crippen molar-refractivity contribution in [3.63, 3.8) is 0 Å². The second-order valence-electron chi connectivity index (χ2n) is 9.62. The Bertz CT molecular complexity index is 346. The molecule has 30 heavy (non-hydrogen) atoms. The predicted octanol–water partition coefficient (Wildman–Crippen LogP) is 9.07. The van der Waals surface area contributed by atoms with E-state index in [1.165, 1.54) is 127 Å². The first-order valence-electron chi connectivity index (χ1n) is 13.6. The summed E-state index contributed by atoms with van der Waals surface area (Å²) in [6, 6.07) is 0. The summed E-state index contributed by atoms with van der Waals surface area (Å²) in [5, 5.41) is 4.43. The van der Waals surface area contributed by atoms with Crippen LogP contribution in [0.25, 0.3) is 0 Å². The summed E-state index contributed by atoms with van der Waals surface area (Å²) in [7, 11) is 0. The third kappa shape index (κ3) is 26.1. The standard InChI is InChI=1S/C27H56AsNO/c1-4-5-6-7-8-9-10-11-12-13-14-15-16-17-18-19-20-21-22-24-27(30)29-26-23-25-28(2)3/h4-26H2,1-3H3,(H,29,30). The SMILES string of the molecule is CCCCCCCCCCCCCCCCCCCCCC(=O)NCCC[As](C)C. The molecule has 0 aromatic heterocycles. The minimum atomic E-state index is -0.504. The van der Waals surface area contributed by atoms with Gasteiger partial charge in [-0.05, 0) is 0 Å². The first-order chi connectivity index (χ1) is 14.7. The van der Waals surface area contributed by atoms with Gasteiger partial charge in [-0.25, -0.2) is 0 Å². The number of nitrogens with one attached hydrogen (secondary N) is 1. The molecule has 2 nitrogen and oxygen atoms in total. The van der Waals surface area contributed by atoms with Crippen molar-refractivity contribution in [3.05, 3.63) is 0 Å². The van der Waals surface area contributed by atoms with E-state index < -0.39 is 14.7 Å². The zero-order chi connectivity index (χ0) is 22.1. The van der Waals surface area contributed by atoms with E-state index >= 15 is 0 Å². The van der Waals surface area contributed by atoms with Crippen LogP contribution >= 0.6 is 0 Å². The van der Waals surface area contributed by atoms with Gasteiger partial charge < -0.3 is 0 Å². The van der Waals surface area contributed by atoms with Crippen molar-refractivity contribution in [3.8, 4) is 0 Å². The Kier molecular flexibility index (Phi) is 25.3. The van der Waals surface area contributed by atoms with Gasteiger partial charge in [0.25, 0.3) is 0 Å². The number of amides is 1. The van der Waals surface area contributed by atoms with Crippen molar-refractivity contribution in [1.29, 1.82) is 0 Å². The van der Waals surface area contributed by atoms with Gasteiger partial charge in [-0.1, -0.05) is 90.4 Å². The van der Waals surface area contributed by atoms with Crippen molar-refractivity contribution in [2.24, 2.45) is 0 Å². The molecule has 0 saturated heterocycles. The van der Waals surface area contributed by atoms with Crippen molar-refractivity contribution in [2.75, 3.05) is 6.54 Å². The molecular weight excluding hydrogens is 429 g/mol. The van der Waals surface area contributed by atoms with Crippen LogP contribution in [0.1, 0.15) is 142 Å². The van der Waals surface area contributed by atoms with E-state index in [1.807, 2.05) is 0 Å². The molecular formula is C27H56AsNO.